The van der Waals surface area contributed by atoms with Crippen LogP contribution in [0.4, 0.5) is 0 Å². The number of carbonyl (C=O) groups excluding carboxylic acids is 1. The molecule has 2 aliphatic rings. The van der Waals surface area contributed by atoms with Gasteiger partial charge in [-0.1, -0.05) is 18.2 Å². The molecule has 0 radical (unpaired) electrons. The minimum Gasteiger partial charge on any atom is -0.490 e. The third-order valence-corrected chi connectivity index (χ3v) is 11.6. The van der Waals surface area contributed by atoms with Crippen molar-refractivity contribution < 1.29 is 26.4 Å². The van der Waals surface area contributed by atoms with E-state index in [9.17, 15) is 21.6 Å². The Morgan fingerprint density at radius 3 is 2.27 bits per heavy atom. The quantitative estimate of drug-likeness (QED) is 0.586. The first kappa shape index (κ1) is 24.2. The van der Waals surface area contributed by atoms with E-state index in [2.05, 4.69) is 0 Å². The normalized spacial score (nSPS) is 19.6. The molecule has 1 atom stereocenters. The van der Waals surface area contributed by atoms with Gasteiger partial charge in [0.2, 0.25) is 0 Å². The average Bonchev–Trinajstić information content (AvgIpc) is 3.33. The minimum absolute atomic E-state index is 0.0629. The number of hydrogen-bond donors (Lipinski definition) is 1. The summed E-state index contributed by atoms with van der Waals surface area (Å²) < 4.78 is 58.8. The highest BCUT2D eigenvalue weighted by atomic mass is 32.3. The van der Waals surface area contributed by atoms with Crippen LogP contribution in [0, 0.1) is 0 Å². The fourth-order valence-electron chi connectivity index (χ4n) is 3.45. The van der Waals surface area contributed by atoms with Crippen LogP contribution in [0.1, 0.15) is 23.2 Å². The lowest BCUT2D eigenvalue weighted by Gasteiger charge is -2.22. The van der Waals surface area contributed by atoms with Crippen molar-refractivity contribution in [3.8, 4) is 5.75 Å². The highest BCUT2D eigenvalue weighted by molar-refractivity contribution is 8.19. The number of ether oxygens (including phenoxy) is 1. The molecule has 2 heterocycles. The van der Waals surface area contributed by atoms with Crippen molar-refractivity contribution in [3.05, 3.63) is 70.5 Å². The van der Waals surface area contributed by atoms with Crippen LogP contribution >= 0.6 is 23.5 Å². The molecule has 2 aliphatic heterocycles. The topological polar surface area (TPSA) is 107 Å². The van der Waals surface area contributed by atoms with E-state index in [1.165, 1.54) is 30.3 Å². The third-order valence-electron chi connectivity index (χ3n) is 5.26. The second-order valence-corrected chi connectivity index (χ2v) is 13.9. The van der Waals surface area contributed by atoms with Gasteiger partial charge in [-0.3, -0.25) is 4.79 Å². The van der Waals surface area contributed by atoms with Crippen LogP contribution < -0.4 is 9.46 Å². The number of rotatable bonds is 7. The predicted octanol–water partition coefficient (Wildman–Crippen LogP) is 3.45. The van der Waals surface area contributed by atoms with Crippen molar-refractivity contribution in [2.24, 2.45) is 0 Å². The standard InChI is InChI=1S/C22H23NO6S4/c24-22(16-6-8-17(9-7-16)29-18-10-12-30-13-11-18)23-33(27,28)21-14-20(15-31-21)32(25,26)19-4-2-1-3-5-19/h1-9,14,18,20H,10-13,15H2,(H,23,24). The molecule has 7 nitrogen and oxygen atoms in total. The lowest BCUT2D eigenvalue weighted by Crippen LogP contribution is -2.30. The highest BCUT2D eigenvalue weighted by Crippen LogP contribution is 2.34. The monoisotopic (exact) mass is 525 g/mol. The zero-order valence-corrected chi connectivity index (χ0v) is 20.8. The Hall–Kier alpha value is -1.95. The molecule has 1 amide bonds. The second kappa shape index (κ2) is 10.1. The fraction of sp³-hybridized carbons (Fsp3) is 0.318. The second-order valence-electron chi connectivity index (χ2n) is 7.58. The summed E-state index contributed by atoms with van der Waals surface area (Å²) in [6, 6.07) is 14.2. The van der Waals surface area contributed by atoms with E-state index < -0.39 is 31.0 Å². The number of sulfone groups is 1. The molecular weight excluding hydrogens is 503 g/mol. The molecule has 1 N–H and O–H groups in total. The van der Waals surface area contributed by atoms with Crippen molar-refractivity contribution in [2.45, 2.75) is 29.1 Å². The molecule has 2 aromatic rings. The van der Waals surface area contributed by atoms with Crippen LogP contribution in [0.5, 0.6) is 5.75 Å². The Morgan fingerprint density at radius 1 is 0.939 bits per heavy atom. The Kier molecular flexibility index (Phi) is 7.42. The zero-order valence-electron chi connectivity index (χ0n) is 17.5. The number of hydrogen-bond acceptors (Lipinski definition) is 8. The first-order valence-corrected chi connectivity index (χ1v) is 15.5. The maximum atomic E-state index is 12.8. The summed E-state index contributed by atoms with van der Waals surface area (Å²) in [5, 5.41) is -0.985. The molecule has 1 unspecified atom stereocenters. The number of sulfonamides is 1. The SMILES string of the molecule is O=C(NS(=O)(=O)C1=CC(S(=O)(=O)c2ccccc2)CS1)c1ccc(OC2CCSCC2)cc1. The van der Waals surface area contributed by atoms with Gasteiger partial charge >= 0.3 is 0 Å². The van der Waals surface area contributed by atoms with Gasteiger partial charge in [0.1, 0.15) is 16.1 Å². The molecule has 0 spiro atoms. The molecule has 0 bridgehead atoms. The van der Waals surface area contributed by atoms with Crippen LogP contribution in [0.25, 0.3) is 0 Å². The van der Waals surface area contributed by atoms with E-state index >= 15 is 0 Å². The van der Waals surface area contributed by atoms with Gasteiger partial charge in [-0.25, -0.2) is 21.6 Å². The summed E-state index contributed by atoms with van der Waals surface area (Å²) in [6.45, 7) is 0. The summed E-state index contributed by atoms with van der Waals surface area (Å²) >= 11 is 2.80. The number of benzene rings is 2. The van der Waals surface area contributed by atoms with Crippen LogP contribution in [0.2, 0.25) is 0 Å². The van der Waals surface area contributed by atoms with E-state index in [0.717, 1.165) is 36.1 Å². The molecule has 176 valence electrons. The van der Waals surface area contributed by atoms with Gasteiger partial charge in [0.05, 0.1) is 10.1 Å². The van der Waals surface area contributed by atoms with Crippen molar-refractivity contribution in [3.63, 3.8) is 0 Å². The van der Waals surface area contributed by atoms with E-state index in [1.807, 2.05) is 16.5 Å². The molecular formula is C22H23NO6S4. The van der Waals surface area contributed by atoms with Crippen LogP contribution in [-0.4, -0.2) is 51.4 Å². The van der Waals surface area contributed by atoms with Gasteiger partial charge in [-0.15, -0.1) is 11.8 Å². The van der Waals surface area contributed by atoms with Gasteiger partial charge in [0.15, 0.2) is 9.84 Å². The van der Waals surface area contributed by atoms with Crippen molar-refractivity contribution >= 4 is 49.3 Å². The Bertz CT molecular complexity index is 1240. The maximum absolute atomic E-state index is 12.8. The first-order chi connectivity index (χ1) is 15.8. The van der Waals surface area contributed by atoms with Crippen LogP contribution in [0.3, 0.4) is 0 Å². The van der Waals surface area contributed by atoms with Gasteiger partial charge in [-0.2, -0.15) is 11.8 Å². The Labute approximate surface area is 202 Å². The fourth-order valence-corrected chi connectivity index (χ4v) is 9.24. The number of thioether (sulfide) groups is 2. The predicted molar refractivity (Wildman–Crippen MR) is 132 cm³/mol. The van der Waals surface area contributed by atoms with Crippen molar-refractivity contribution in [1.82, 2.24) is 4.72 Å². The van der Waals surface area contributed by atoms with E-state index in [1.54, 1.807) is 30.3 Å². The average molecular weight is 526 g/mol. The summed E-state index contributed by atoms with van der Waals surface area (Å²) in [6.07, 6.45) is 3.29. The molecule has 0 saturated carbocycles. The Balaban J connectivity index is 1.42. The zero-order chi connectivity index (χ0) is 23.5. The van der Waals surface area contributed by atoms with Gasteiger partial charge in [0, 0.05) is 11.3 Å². The van der Waals surface area contributed by atoms with E-state index in [0.29, 0.717) is 5.75 Å². The number of carbonyl (C=O) groups is 1. The Morgan fingerprint density at radius 2 is 1.61 bits per heavy atom. The molecule has 0 aliphatic carbocycles. The van der Waals surface area contributed by atoms with E-state index in [-0.39, 0.29) is 26.6 Å². The smallest absolute Gasteiger partial charge is 0.270 e. The summed E-state index contributed by atoms with van der Waals surface area (Å²) in [5.74, 6) is 2.03. The maximum Gasteiger partial charge on any atom is 0.270 e. The molecule has 0 aromatic heterocycles. The van der Waals surface area contributed by atoms with Crippen molar-refractivity contribution in [1.29, 1.82) is 0 Å². The third kappa shape index (κ3) is 5.76. The molecule has 1 saturated heterocycles. The van der Waals surface area contributed by atoms with Crippen molar-refractivity contribution in [2.75, 3.05) is 17.3 Å². The molecule has 11 heteroatoms. The van der Waals surface area contributed by atoms with Gasteiger partial charge < -0.3 is 4.74 Å². The first-order valence-electron chi connectivity index (χ1n) is 10.3. The highest BCUT2D eigenvalue weighted by Gasteiger charge is 2.35. The number of nitrogens with one attached hydrogen (secondary N) is 1. The molecule has 1 fully saturated rings. The summed E-state index contributed by atoms with van der Waals surface area (Å²) in [4.78, 5) is 12.7. The van der Waals surface area contributed by atoms with Crippen LogP contribution in [0.15, 0.2) is 69.8 Å². The van der Waals surface area contributed by atoms with Gasteiger partial charge in [-0.05, 0) is 66.8 Å². The lowest BCUT2D eigenvalue weighted by molar-refractivity contribution is 0.0981. The minimum atomic E-state index is -4.19. The largest absolute Gasteiger partial charge is 0.490 e. The lowest BCUT2D eigenvalue weighted by atomic mass is 10.2. The number of amides is 1. The summed E-state index contributed by atoms with van der Waals surface area (Å²) in [5.41, 5.74) is 0.169. The van der Waals surface area contributed by atoms with E-state index in [4.69, 9.17) is 4.74 Å². The molecule has 4 rings (SSSR count). The van der Waals surface area contributed by atoms with Gasteiger partial charge in [0.25, 0.3) is 15.9 Å². The van der Waals surface area contributed by atoms with Crippen LogP contribution in [-0.2, 0) is 19.9 Å². The molecule has 2 aromatic carbocycles. The summed E-state index contributed by atoms with van der Waals surface area (Å²) in [7, 11) is -7.91. The molecule has 33 heavy (non-hydrogen) atoms.